The summed E-state index contributed by atoms with van der Waals surface area (Å²) < 4.78 is 5.91. The summed E-state index contributed by atoms with van der Waals surface area (Å²) in [7, 11) is 0. The summed E-state index contributed by atoms with van der Waals surface area (Å²) in [4.78, 5) is 16.8. The van der Waals surface area contributed by atoms with Gasteiger partial charge in [0.15, 0.2) is 5.78 Å². The zero-order valence-electron chi connectivity index (χ0n) is 21.9. The average Bonchev–Trinajstić information content (AvgIpc) is 3.28. The van der Waals surface area contributed by atoms with Crippen LogP contribution in [0.4, 0.5) is 5.69 Å². The Kier molecular flexibility index (Phi) is 9.49. The summed E-state index contributed by atoms with van der Waals surface area (Å²) in [6.07, 6.45) is 13.8. The minimum absolute atomic E-state index is 0.198. The second-order valence-corrected chi connectivity index (χ2v) is 9.82. The fourth-order valence-corrected chi connectivity index (χ4v) is 4.88. The minimum atomic E-state index is 0.198. The predicted molar refractivity (Wildman–Crippen MR) is 151 cm³/mol. The highest BCUT2D eigenvalue weighted by Crippen LogP contribution is 2.39. The van der Waals surface area contributed by atoms with Crippen LogP contribution in [0.2, 0.25) is 0 Å². The van der Waals surface area contributed by atoms with Crippen molar-refractivity contribution in [3.05, 3.63) is 82.9 Å². The Bertz CT molecular complexity index is 1180. The fraction of sp³-hybridized carbons (Fsp3) is 0.394. The lowest BCUT2D eigenvalue weighted by Gasteiger charge is -2.06. The Hall–Kier alpha value is -3.20. The molecule has 0 atom stereocenters. The second kappa shape index (κ2) is 13.2. The Morgan fingerprint density at radius 1 is 0.806 bits per heavy atom. The Morgan fingerprint density at radius 3 is 2.19 bits per heavy atom. The maximum Gasteiger partial charge on any atom is 0.162 e. The minimum Gasteiger partial charge on any atom is -0.494 e. The number of fused-ring (bicyclic) bond motifs is 3. The maximum atomic E-state index is 12.1. The third kappa shape index (κ3) is 6.94. The lowest BCUT2D eigenvalue weighted by atomic mass is 10.0. The van der Waals surface area contributed by atoms with E-state index in [1.165, 1.54) is 67.2 Å². The fourth-order valence-electron chi connectivity index (χ4n) is 4.88. The molecule has 0 bridgehead atoms. The summed E-state index contributed by atoms with van der Waals surface area (Å²) in [6.45, 7) is 4.96. The third-order valence-electron chi connectivity index (χ3n) is 7.02. The molecule has 0 N–H and O–H groups in total. The molecule has 188 valence electrons. The third-order valence-corrected chi connectivity index (χ3v) is 7.02. The molecule has 0 saturated heterocycles. The van der Waals surface area contributed by atoms with Crippen LogP contribution in [-0.4, -0.2) is 18.6 Å². The molecule has 0 unspecified atom stereocenters. The van der Waals surface area contributed by atoms with Gasteiger partial charge in [-0.3, -0.25) is 9.79 Å². The van der Waals surface area contributed by atoms with Gasteiger partial charge in [0, 0.05) is 18.2 Å². The summed E-state index contributed by atoms with van der Waals surface area (Å²) in [5, 5.41) is 0. The van der Waals surface area contributed by atoms with Gasteiger partial charge in [0.05, 0.1) is 12.3 Å². The van der Waals surface area contributed by atoms with Gasteiger partial charge in [0.2, 0.25) is 0 Å². The van der Waals surface area contributed by atoms with Crippen molar-refractivity contribution >= 4 is 17.7 Å². The molecule has 3 heteroatoms. The monoisotopic (exact) mass is 481 g/mol. The molecule has 4 rings (SSSR count). The van der Waals surface area contributed by atoms with Crippen LogP contribution in [0.1, 0.15) is 98.7 Å². The first-order chi connectivity index (χ1) is 17.7. The SMILES string of the molecule is CCCCCCCCCCOc1ccc(C=Nc2ccc3c(c2)Cc2cc(C(=O)CC)ccc2-3)cc1. The number of hydrogen-bond donors (Lipinski definition) is 0. The van der Waals surface area contributed by atoms with Crippen LogP contribution < -0.4 is 4.74 Å². The van der Waals surface area contributed by atoms with E-state index >= 15 is 0 Å². The molecule has 1 aliphatic carbocycles. The van der Waals surface area contributed by atoms with E-state index in [1.54, 1.807) is 0 Å². The van der Waals surface area contributed by atoms with Gasteiger partial charge in [-0.25, -0.2) is 0 Å². The van der Waals surface area contributed by atoms with Crippen molar-refractivity contribution in [1.82, 2.24) is 0 Å². The molecule has 3 aromatic rings. The normalized spacial score (nSPS) is 12.1. The lowest BCUT2D eigenvalue weighted by Crippen LogP contribution is -1.97. The second-order valence-electron chi connectivity index (χ2n) is 9.82. The molecule has 0 aliphatic heterocycles. The number of hydrogen-bond acceptors (Lipinski definition) is 3. The number of carbonyl (C=O) groups excluding carboxylic acids is 1. The summed E-state index contributed by atoms with van der Waals surface area (Å²) in [5.41, 5.74) is 7.79. The van der Waals surface area contributed by atoms with Gasteiger partial charge < -0.3 is 4.74 Å². The van der Waals surface area contributed by atoms with Gasteiger partial charge in [0.1, 0.15) is 5.75 Å². The molecular formula is C33H39NO2. The molecule has 1 aliphatic rings. The van der Waals surface area contributed by atoms with Crippen molar-refractivity contribution < 1.29 is 9.53 Å². The van der Waals surface area contributed by atoms with Gasteiger partial charge in [0.25, 0.3) is 0 Å². The van der Waals surface area contributed by atoms with E-state index in [4.69, 9.17) is 9.73 Å². The van der Waals surface area contributed by atoms with Crippen molar-refractivity contribution in [2.45, 2.75) is 78.1 Å². The highest BCUT2D eigenvalue weighted by Gasteiger charge is 2.19. The maximum absolute atomic E-state index is 12.1. The Morgan fingerprint density at radius 2 is 1.47 bits per heavy atom. The van der Waals surface area contributed by atoms with Gasteiger partial charge in [-0.1, -0.05) is 77.0 Å². The molecule has 36 heavy (non-hydrogen) atoms. The average molecular weight is 482 g/mol. The first kappa shape index (κ1) is 25.9. The van der Waals surface area contributed by atoms with Gasteiger partial charge in [-0.15, -0.1) is 0 Å². The Labute approximate surface area is 216 Å². The number of unbranched alkanes of at least 4 members (excludes halogenated alkanes) is 7. The van der Waals surface area contributed by atoms with Crippen molar-refractivity contribution in [3.63, 3.8) is 0 Å². The number of nitrogens with zero attached hydrogens (tertiary/aromatic N) is 1. The number of carbonyl (C=O) groups is 1. The molecule has 0 amide bonds. The van der Waals surface area contributed by atoms with Crippen molar-refractivity contribution in [2.24, 2.45) is 4.99 Å². The van der Waals surface area contributed by atoms with Crippen LogP contribution in [0, 0.1) is 0 Å². The van der Waals surface area contributed by atoms with E-state index in [0.29, 0.717) is 6.42 Å². The van der Waals surface area contributed by atoms with E-state index in [2.05, 4.69) is 49.4 Å². The number of Topliss-reactive ketones (excluding diaryl/α,β-unsaturated/α-hetero) is 1. The quantitative estimate of drug-likeness (QED) is 0.102. The van der Waals surface area contributed by atoms with E-state index < -0.39 is 0 Å². The standard InChI is InChI=1S/C33H39NO2/c1-3-5-6-7-8-9-10-11-20-36-30-16-12-25(13-17-30)24-34-29-15-19-32-28(23-29)22-27-21-26(33(35)4-2)14-18-31(27)32/h12-19,21,23-24H,3-11,20,22H2,1-2H3. The van der Waals surface area contributed by atoms with Crippen LogP contribution in [0.3, 0.4) is 0 Å². The van der Waals surface area contributed by atoms with Crippen LogP contribution >= 0.6 is 0 Å². The van der Waals surface area contributed by atoms with Crippen molar-refractivity contribution in [2.75, 3.05) is 6.61 Å². The largest absolute Gasteiger partial charge is 0.494 e. The van der Waals surface area contributed by atoms with Crippen molar-refractivity contribution in [1.29, 1.82) is 0 Å². The Balaban J connectivity index is 1.25. The zero-order valence-corrected chi connectivity index (χ0v) is 21.9. The molecule has 0 aromatic heterocycles. The molecule has 3 aromatic carbocycles. The first-order valence-corrected chi connectivity index (χ1v) is 13.7. The van der Waals surface area contributed by atoms with Crippen LogP contribution in [0.5, 0.6) is 5.75 Å². The van der Waals surface area contributed by atoms with E-state index in [0.717, 1.165) is 42.0 Å². The topological polar surface area (TPSA) is 38.7 Å². The number of aliphatic imine (C=N–C) groups is 1. The summed E-state index contributed by atoms with van der Waals surface area (Å²) in [5.74, 6) is 1.12. The van der Waals surface area contributed by atoms with Gasteiger partial charge in [-0.2, -0.15) is 0 Å². The van der Waals surface area contributed by atoms with Crippen LogP contribution in [0.15, 0.2) is 65.7 Å². The first-order valence-electron chi connectivity index (χ1n) is 13.7. The number of ketones is 1. The zero-order chi connectivity index (χ0) is 25.2. The number of benzene rings is 3. The molecule has 0 fully saturated rings. The molecular weight excluding hydrogens is 442 g/mol. The van der Waals surface area contributed by atoms with Crippen molar-refractivity contribution in [3.8, 4) is 16.9 Å². The van der Waals surface area contributed by atoms with Crippen LogP contribution in [0.25, 0.3) is 11.1 Å². The number of ether oxygens (including phenoxy) is 1. The van der Waals surface area contributed by atoms with E-state index in [-0.39, 0.29) is 5.78 Å². The van der Waals surface area contributed by atoms with E-state index in [1.807, 2.05) is 31.3 Å². The molecule has 3 nitrogen and oxygen atoms in total. The van der Waals surface area contributed by atoms with E-state index in [9.17, 15) is 4.79 Å². The molecule has 0 radical (unpaired) electrons. The highest BCUT2D eigenvalue weighted by atomic mass is 16.5. The summed E-state index contributed by atoms with van der Waals surface area (Å²) in [6, 6.07) is 20.6. The van der Waals surface area contributed by atoms with Crippen LogP contribution in [-0.2, 0) is 6.42 Å². The molecule has 0 saturated carbocycles. The molecule has 0 heterocycles. The highest BCUT2D eigenvalue weighted by molar-refractivity contribution is 5.97. The lowest BCUT2D eigenvalue weighted by molar-refractivity contribution is 0.0988. The van der Waals surface area contributed by atoms with Gasteiger partial charge >= 0.3 is 0 Å². The summed E-state index contributed by atoms with van der Waals surface area (Å²) >= 11 is 0. The smallest absolute Gasteiger partial charge is 0.162 e. The molecule has 0 spiro atoms. The number of rotatable bonds is 14. The predicted octanol–water partition coefficient (Wildman–Crippen LogP) is 9.12. The van der Waals surface area contributed by atoms with Gasteiger partial charge in [-0.05, 0) is 83.1 Å².